The number of azo groups is 1. The Hall–Kier alpha value is -2.33. The molecule has 0 atom stereocenters. The highest BCUT2D eigenvalue weighted by molar-refractivity contribution is 6.30. The van der Waals surface area contributed by atoms with Gasteiger partial charge in [0.25, 0.3) is 0 Å². The zero-order valence-corrected chi connectivity index (χ0v) is 11.3. The highest BCUT2D eigenvalue weighted by Crippen LogP contribution is 2.21. The third-order valence-electron chi connectivity index (χ3n) is 2.83. The van der Waals surface area contributed by atoms with E-state index in [1.807, 2.05) is 48.5 Å². The molecule has 0 bridgehead atoms. The minimum absolute atomic E-state index is 0.471. The smallest absolute Gasteiger partial charge is 0.184 e. The first kappa shape index (κ1) is 12.7. The van der Waals surface area contributed by atoms with Crippen molar-refractivity contribution in [3.63, 3.8) is 0 Å². The van der Waals surface area contributed by atoms with Gasteiger partial charge in [0, 0.05) is 10.4 Å². The average molecular weight is 283 g/mol. The summed E-state index contributed by atoms with van der Waals surface area (Å²) in [6.45, 7) is 0.471. The van der Waals surface area contributed by atoms with Gasteiger partial charge in [-0.15, -0.1) is 5.11 Å². The number of hydrogen-bond donors (Lipinski definition) is 0. The van der Waals surface area contributed by atoms with Gasteiger partial charge in [0.15, 0.2) is 5.82 Å². The van der Waals surface area contributed by atoms with E-state index < -0.39 is 0 Å². The van der Waals surface area contributed by atoms with Gasteiger partial charge in [-0.25, -0.2) is 9.97 Å². The van der Waals surface area contributed by atoms with Gasteiger partial charge >= 0.3 is 0 Å². The molecule has 0 amide bonds. The number of aromatic nitrogens is 2. The molecule has 4 nitrogen and oxygen atoms in total. The van der Waals surface area contributed by atoms with Crippen molar-refractivity contribution in [3.05, 3.63) is 65.4 Å². The Kier molecular flexibility index (Phi) is 3.65. The maximum Gasteiger partial charge on any atom is 0.184 e. The molecule has 20 heavy (non-hydrogen) atoms. The van der Waals surface area contributed by atoms with Gasteiger partial charge in [0.1, 0.15) is 6.33 Å². The van der Waals surface area contributed by atoms with Gasteiger partial charge in [0.05, 0.1) is 12.1 Å². The molecule has 0 saturated heterocycles. The lowest BCUT2D eigenvalue weighted by Gasteiger charge is -1.99. The van der Waals surface area contributed by atoms with E-state index in [1.165, 1.54) is 6.33 Å². The van der Waals surface area contributed by atoms with Crippen molar-refractivity contribution in [2.45, 2.75) is 6.54 Å². The van der Waals surface area contributed by atoms with Gasteiger partial charge < -0.3 is 0 Å². The summed E-state index contributed by atoms with van der Waals surface area (Å²) in [6, 6.07) is 15.3. The monoisotopic (exact) mass is 282 g/mol. The molecule has 1 aromatic heterocycles. The van der Waals surface area contributed by atoms with E-state index in [0.717, 1.165) is 16.5 Å². The molecular weight excluding hydrogens is 272 g/mol. The fraction of sp³-hybridized carbons (Fsp3) is 0.0667. The number of halogens is 1. The molecule has 3 rings (SSSR count). The van der Waals surface area contributed by atoms with Crippen LogP contribution in [0.25, 0.3) is 10.9 Å². The van der Waals surface area contributed by atoms with Crippen LogP contribution in [-0.4, -0.2) is 9.97 Å². The summed E-state index contributed by atoms with van der Waals surface area (Å²) in [7, 11) is 0. The van der Waals surface area contributed by atoms with Gasteiger partial charge in [-0.1, -0.05) is 35.9 Å². The van der Waals surface area contributed by atoms with Crippen LogP contribution in [0.15, 0.2) is 65.1 Å². The molecule has 0 N–H and O–H groups in total. The summed E-state index contributed by atoms with van der Waals surface area (Å²) in [5, 5.41) is 9.96. The van der Waals surface area contributed by atoms with Crippen molar-refractivity contribution in [2.24, 2.45) is 10.2 Å². The third-order valence-corrected chi connectivity index (χ3v) is 3.06. The van der Waals surface area contributed by atoms with E-state index in [0.29, 0.717) is 17.4 Å². The molecule has 98 valence electrons. The van der Waals surface area contributed by atoms with E-state index >= 15 is 0 Å². The first-order valence-electron chi connectivity index (χ1n) is 6.14. The van der Waals surface area contributed by atoms with Crippen molar-refractivity contribution in [1.82, 2.24) is 9.97 Å². The van der Waals surface area contributed by atoms with E-state index in [4.69, 9.17) is 11.6 Å². The van der Waals surface area contributed by atoms with Crippen molar-refractivity contribution in [1.29, 1.82) is 0 Å². The summed E-state index contributed by atoms with van der Waals surface area (Å²) in [6.07, 6.45) is 1.50. The molecule has 1 heterocycles. The summed E-state index contributed by atoms with van der Waals surface area (Å²) in [5.74, 6) is 0.581. The predicted molar refractivity (Wildman–Crippen MR) is 79.2 cm³/mol. The molecule has 0 saturated carbocycles. The fourth-order valence-electron chi connectivity index (χ4n) is 1.89. The van der Waals surface area contributed by atoms with Crippen molar-refractivity contribution >= 4 is 28.3 Å². The Morgan fingerprint density at radius 1 is 1.00 bits per heavy atom. The van der Waals surface area contributed by atoms with Gasteiger partial charge in [0.2, 0.25) is 0 Å². The molecule has 0 aliphatic carbocycles. The topological polar surface area (TPSA) is 50.5 Å². The zero-order valence-electron chi connectivity index (χ0n) is 10.6. The Morgan fingerprint density at radius 2 is 1.90 bits per heavy atom. The van der Waals surface area contributed by atoms with Crippen LogP contribution >= 0.6 is 11.6 Å². The number of para-hydroxylation sites is 1. The minimum Gasteiger partial charge on any atom is -0.236 e. The molecule has 0 radical (unpaired) electrons. The second-order valence-electron chi connectivity index (χ2n) is 4.24. The Bertz CT molecular complexity index is 765. The van der Waals surface area contributed by atoms with E-state index in [-0.39, 0.29) is 0 Å². The highest BCUT2D eigenvalue weighted by Gasteiger charge is 2.01. The number of benzene rings is 2. The lowest BCUT2D eigenvalue weighted by atomic mass is 10.2. The van der Waals surface area contributed by atoms with Crippen molar-refractivity contribution in [2.75, 3.05) is 0 Å². The van der Waals surface area contributed by atoms with Crippen LogP contribution in [0.2, 0.25) is 5.02 Å². The third kappa shape index (κ3) is 2.81. The lowest BCUT2D eigenvalue weighted by molar-refractivity contribution is 0.947. The van der Waals surface area contributed by atoms with Gasteiger partial charge in [-0.2, -0.15) is 5.11 Å². The van der Waals surface area contributed by atoms with Gasteiger partial charge in [-0.05, 0) is 29.8 Å². The van der Waals surface area contributed by atoms with Crippen LogP contribution in [0.4, 0.5) is 5.82 Å². The molecule has 0 spiro atoms. The van der Waals surface area contributed by atoms with E-state index in [1.54, 1.807) is 0 Å². The summed E-state index contributed by atoms with van der Waals surface area (Å²) in [5.41, 5.74) is 1.87. The SMILES string of the molecule is Clc1cccc(CN=Nc2ncnc3ccccc23)c1. The van der Waals surface area contributed by atoms with Crippen LogP contribution in [-0.2, 0) is 6.54 Å². The normalized spacial score (nSPS) is 11.2. The van der Waals surface area contributed by atoms with Crippen LogP contribution in [0, 0.1) is 0 Å². The predicted octanol–water partition coefficient (Wildman–Crippen LogP) is 4.57. The molecule has 0 aliphatic rings. The zero-order chi connectivity index (χ0) is 13.8. The van der Waals surface area contributed by atoms with Gasteiger partial charge in [-0.3, -0.25) is 0 Å². The Balaban J connectivity index is 1.84. The maximum absolute atomic E-state index is 5.93. The number of hydrogen-bond acceptors (Lipinski definition) is 4. The standard InChI is InChI=1S/C15H11ClN4/c16-12-5-3-4-11(8-12)9-19-20-15-13-6-1-2-7-14(13)17-10-18-15/h1-8,10H,9H2. The summed E-state index contributed by atoms with van der Waals surface area (Å²) < 4.78 is 0. The Morgan fingerprint density at radius 3 is 2.80 bits per heavy atom. The van der Waals surface area contributed by atoms with Crippen LogP contribution < -0.4 is 0 Å². The van der Waals surface area contributed by atoms with E-state index in [9.17, 15) is 0 Å². The minimum atomic E-state index is 0.471. The first-order chi connectivity index (χ1) is 9.83. The fourth-order valence-corrected chi connectivity index (χ4v) is 2.10. The number of rotatable bonds is 3. The second kappa shape index (κ2) is 5.75. The van der Waals surface area contributed by atoms with Crippen LogP contribution in [0.1, 0.15) is 5.56 Å². The molecule has 2 aromatic carbocycles. The van der Waals surface area contributed by atoms with Crippen molar-refractivity contribution in [3.8, 4) is 0 Å². The molecule has 0 aliphatic heterocycles. The van der Waals surface area contributed by atoms with Crippen LogP contribution in [0.3, 0.4) is 0 Å². The average Bonchev–Trinajstić information content (AvgIpc) is 2.48. The summed E-state index contributed by atoms with van der Waals surface area (Å²) in [4.78, 5) is 8.35. The molecule has 5 heteroatoms. The van der Waals surface area contributed by atoms with E-state index in [2.05, 4.69) is 20.2 Å². The molecular formula is C15H11ClN4. The largest absolute Gasteiger partial charge is 0.236 e. The second-order valence-corrected chi connectivity index (χ2v) is 4.68. The maximum atomic E-state index is 5.93. The number of nitrogens with zero attached hydrogens (tertiary/aromatic N) is 4. The Labute approximate surface area is 121 Å². The molecule has 0 unspecified atom stereocenters. The summed E-state index contributed by atoms with van der Waals surface area (Å²) >= 11 is 5.93. The van der Waals surface area contributed by atoms with Crippen molar-refractivity contribution < 1.29 is 0 Å². The van der Waals surface area contributed by atoms with Crippen LogP contribution in [0.5, 0.6) is 0 Å². The molecule has 3 aromatic rings. The lowest BCUT2D eigenvalue weighted by Crippen LogP contribution is -1.83. The number of fused-ring (bicyclic) bond motifs is 1. The quantitative estimate of drug-likeness (QED) is 0.661. The highest BCUT2D eigenvalue weighted by atomic mass is 35.5. The molecule has 0 fully saturated rings. The first-order valence-corrected chi connectivity index (χ1v) is 6.52.